The second-order valence-corrected chi connectivity index (χ2v) is 6.53. The lowest BCUT2D eigenvalue weighted by Gasteiger charge is -2.16. The number of carbonyl (C=O) groups is 1. The summed E-state index contributed by atoms with van der Waals surface area (Å²) >= 11 is 0. The molecular formula is C18H17N5O. The Balaban J connectivity index is 1.63. The van der Waals surface area contributed by atoms with Crippen LogP contribution in [0.4, 0.5) is 0 Å². The van der Waals surface area contributed by atoms with Gasteiger partial charge in [-0.2, -0.15) is 10.4 Å². The molecule has 0 saturated heterocycles. The smallest absolute Gasteiger partial charge is 0.268 e. The maximum atomic E-state index is 12.7. The number of fused-ring (bicyclic) bond motifs is 1. The number of nitriles is 1. The van der Waals surface area contributed by atoms with Gasteiger partial charge in [0.1, 0.15) is 5.69 Å². The SMILES string of the molecule is C[C@H]1C[C@@]1(NC(=O)c1cc2cc(C#N)ccc2[nH]1)c1cnn(C)c1. The van der Waals surface area contributed by atoms with Crippen molar-refractivity contribution in [3.63, 3.8) is 0 Å². The zero-order chi connectivity index (χ0) is 16.9. The Hall–Kier alpha value is -3.07. The van der Waals surface area contributed by atoms with Gasteiger partial charge in [0.15, 0.2) is 0 Å². The number of aromatic amines is 1. The van der Waals surface area contributed by atoms with E-state index in [4.69, 9.17) is 5.26 Å². The van der Waals surface area contributed by atoms with E-state index in [-0.39, 0.29) is 11.4 Å². The van der Waals surface area contributed by atoms with Gasteiger partial charge in [0.2, 0.25) is 0 Å². The molecule has 0 radical (unpaired) electrons. The Morgan fingerprint density at radius 2 is 2.29 bits per heavy atom. The molecule has 1 aromatic carbocycles. The number of amides is 1. The van der Waals surface area contributed by atoms with Crippen LogP contribution >= 0.6 is 0 Å². The van der Waals surface area contributed by atoms with Gasteiger partial charge in [-0.25, -0.2) is 0 Å². The van der Waals surface area contributed by atoms with Crippen LogP contribution < -0.4 is 5.32 Å². The number of aromatic nitrogens is 3. The zero-order valence-corrected chi connectivity index (χ0v) is 13.5. The molecule has 24 heavy (non-hydrogen) atoms. The highest BCUT2D eigenvalue weighted by atomic mass is 16.2. The van der Waals surface area contributed by atoms with Crippen LogP contribution in [-0.4, -0.2) is 20.7 Å². The first-order valence-electron chi connectivity index (χ1n) is 7.86. The summed E-state index contributed by atoms with van der Waals surface area (Å²) in [6, 6.07) is 9.23. The number of rotatable bonds is 3. The van der Waals surface area contributed by atoms with E-state index >= 15 is 0 Å². The first-order valence-corrected chi connectivity index (χ1v) is 7.86. The van der Waals surface area contributed by atoms with E-state index in [0.29, 0.717) is 17.2 Å². The number of nitrogens with zero attached hydrogens (tertiary/aromatic N) is 3. The molecule has 2 N–H and O–H groups in total. The maximum absolute atomic E-state index is 12.7. The Morgan fingerprint density at radius 1 is 1.50 bits per heavy atom. The first-order chi connectivity index (χ1) is 11.5. The molecular weight excluding hydrogens is 302 g/mol. The molecule has 6 nitrogen and oxygen atoms in total. The monoisotopic (exact) mass is 319 g/mol. The van der Waals surface area contributed by atoms with Crippen molar-refractivity contribution in [2.75, 3.05) is 0 Å². The molecule has 1 aliphatic rings. The van der Waals surface area contributed by atoms with Gasteiger partial charge in [-0.1, -0.05) is 6.92 Å². The van der Waals surface area contributed by atoms with Gasteiger partial charge in [0.25, 0.3) is 5.91 Å². The normalized spacial score (nSPS) is 22.3. The van der Waals surface area contributed by atoms with Crippen LogP contribution in [0.5, 0.6) is 0 Å². The van der Waals surface area contributed by atoms with Crippen molar-refractivity contribution in [1.82, 2.24) is 20.1 Å². The molecule has 4 rings (SSSR count). The van der Waals surface area contributed by atoms with E-state index in [9.17, 15) is 4.79 Å². The lowest BCUT2D eigenvalue weighted by atomic mass is 10.1. The summed E-state index contributed by atoms with van der Waals surface area (Å²) in [5.41, 5.74) is 2.63. The fraction of sp³-hybridized carbons (Fsp3) is 0.278. The molecule has 0 bridgehead atoms. The van der Waals surface area contributed by atoms with Crippen molar-refractivity contribution in [1.29, 1.82) is 5.26 Å². The second-order valence-electron chi connectivity index (χ2n) is 6.53. The molecule has 6 heteroatoms. The predicted octanol–water partition coefficient (Wildman–Crippen LogP) is 2.44. The van der Waals surface area contributed by atoms with Gasteiger partial charge in [-0.05, 0) is 36.6 Å². The van der Waals surface area contributed by atoms with Crippen LogP contribution in [-0.2, 0) is 12.6 Å². The van der Waals surface area contributed by atoms with Crippen molar-refractivity contribution in [2.24, 2.45) is 13.0 Å². The van der Waals surface area contributed by atoms with E-state index in [1.165, 1.54) is 0 Å². The van der Waals surface area contributed by atoms with Crippen LogP contribution in [0.25, 0.3) is 10.9 Å². The molecule has 120 valence electrons. The van der Waals surface area contributed by atoms with Crippen LogP contribution in [0, 0.1) is 17.2 Å². The quantitative estimate of drug-likeness (QED) is 0.777. The predicted molar refractivity (Wildman–Crippen MR) is 89.1 cm³/mol. The van der Waals surface area contributed by atoms with E-state index < -0.39 is 0 Å². The van der Waals surface area contributed by atoms with Crippen molar-refractivity contribution in [3.05, 3.63) is 53.5 Å². The van der Waals surface area contributed by atoms with Gasteiger partial charge >= 0.3 is 0 Å². The first kappa shape index (κ1) is 14.5. The largest absolute Gasteiger partial charge is 0.351 e. The van der Waals surface area contributed by atoms with E-state index in [1.807, 2.05) is 25.5 Å². The summed E-state index contributed by atoms with van der Waals surface area (Å²) in [5, 5.41) is 17.2. The molecule has 1 saturated carbocycles. The molecule has 3 aromatic rings. The number of hydrogen-bond donors (Lipinski definition) is 2. The van der Waals surface area contributed by atoms with Crippen molar-refractivity contribution in [3.8, 4) is 6.07 Å². The number of nitrogens with one attached hydrogen (secondary N) is 2. The summed E-state index contributed by atoms with van der Waals surface area (Å²) in [4.78, 5) is 15.8. The van der Waals surface area contributed by atoms with E-state index in [2.05, 4.69) is 28.4 Å². The average Bonchev–Trinajstić information content (AvgIpc) is 2.96. The summed E-state index contributed by atoms with van der Waals surface area (Å²) in [5.74, 6) is 0.234. The highest BCUT2D eigenvalue weighted by Gasteiger charge is 2.54. The molecule has 2 heterocycles. The second kappa shape index (κ2) is 4.96. The van der Waals surface area contributed by atoms with Crippen LogP contribution in [0.1, 0.15) is 35.0 Å². The summed E-state index contributed by atoms with van der Waals surface area (Å²) in [6.07, 6.45) is 4.67. The standard InChI is InChI=1S/C18H17N5O/c1-11-7-18(11,14-9-20-23(2)10-14)22-17(24)16-6-13-5-12(8-19)3-4-15(13)21-16/h3-6,9-11,21H,7H2,1-2H3,(H,22,24)/t11-,18-/m0/s1. The third kappa shape index (κ3) is 2.17. The van der Waals surface area contributed by atoms with Crippen molar-refractivity contribution >= 4 is 16.8 Å². The Kier molecular flexibility index (Phi) is 3.00. The number of aryl methyl sites for hydroxylation is 1. The molecule has 0 unspecified atom stereocenters. The van der Waals surface area contributed by atoms with E-state index in [1.54, 1.807) is 22.9 Å². The summed E-state index contributed by atoms with van der Waals surface area (Å²) in [7, 11) is 1.87. The molecule has 1 fully saturated rings. The van der Waals surface area contributed by atoms with E-state index in [0.717, 1.165) is 22.9 Å². The number of carbonyl (C=O) groups excluding carboxylic acids is 1. The van der Waals surface area contributed by atoms with Crippen LogP contribution in [0.2, 0.25) is 0 Å². The molecule has 1 amide bonds. The third-order valence-electron chi connectivity index (χ3n) is 4.86. The highest BCUT2D eigenvalue weighted by Crippen LogP contribution is 2.51. The molecule has 0 aliphatic heterocycles. The molecule has 2 atom stereocenters. The minimum atomic E-state index is -0.333. The number of benzene rings is 1. The number of hydrogen-bond acceptors (Lipinski definition) is 3. The fourth-order valence-electron chi connectivity index (χ4n) is 3.32. The van der Waals surface area contributed by atoms with Gasteiger partial charge in [-0.3, -0.25) is 9.48 Å². The van der Waals surface area contributed by atoms with Crippen molar-refractivity contribution < 1.29 is 4.79 Å². The minimum absolute atomic E-state index is 0.141. The lowest BCUT2D eigenvalue weighted by molar-refractivity contribution is 0.0923. The number of H-pyrrole nitrogens is 1. The van der Waals surface area contributed by atoms with Gasteiger partial charge in [-0.15, -0.1) is 0 Å². The van der Waals surface area contributed by atoms with Crippen LogP contribution in [0.15, 0.2) is 36.7 Å². The molecule has 1 aliphatic carbocycles. The third-order valence-corrected chi connectivity index (χ3v) is 4.86. The van der Waals surface area contributed by atoms with Gasteiger partial charge < -0.3 is 10.3 Å². The topological polar surface area (TPSA) is 86.5 Å². The maximum Gasteiger partial charge on any atom is 0.268 e. The molecule has 2 aromatic heterocycles. The summed E-state index contributed by atoms with van der Waals surface area (Å²) < 4.78 is 1.75. The van der Waals surface area contributed by atoms with Crippen molar-refractivity contribution in [2.45, 2.75) is 18.9 Å². The fourth-order valence-corrected chi connectivity index (χ4v) is 3.32. The van der Waals surface area contributed by atoms with Gasteiger partial charge in [0.05, 0.1) is 23.4 Å². The van der Waals surface area contributed by atoms with Gasteiger partial charge in [0, 0.05) is 29.7 Å². The minimum Gasteiger partial charge on any atom is -0.351 e. The van der Waals surface area contributed by atoms with Crippen LogP contribution in [0.3, 0.4) is 0 Å². The average molecular weight is 319 g/mol. The molecule has 0 spiro atoms. The Morgan fingerprint density at radius 3 is 2.92 bits per heavy atom. The zero-order valence-electron chi connectivity index (χ0n) is 13.5. The highest BCUT2D eigenvalue weighted by molar-refractivity contribution is 5.98. The Bertz CT molecular complexity index is 992. The lowest BCUT2D eigenvalue weighted by Crippen LogP contribution is -2.36. The summed E-state index contributed by atoms with van der Waals surface area (Å²) in [6.45, 7) is 2.12. The Labute approximate surface area is 139 Å².